The minimum Gasteiger partial charge on any atom is -0.383 e. The Morgan fingerprint density at radius 1 is 0.897 bits per heavy atom. The van der Waals surface area contributed by atoms with Gasteiger partial charge in [-0.1, -0.05) is 12.1 Å². The highest BCUT2D eigenvalue weighted by molar-refractivity contribution is 5.92. The maximum absolute atomic E-state index is 15.1. The van der Waals surface area contributed by atoms with Crippen molar-refractivity contribution >= 4 is 22.4 Å². The number of rotatable bonds is 3. The van der Waals surface area contributed by atoms with Crippen molar-refractivity contribution in [1.29, 1.82) is 0 Å². The normalized spacial score (nSPS) is 15.3. The Balaban J connectivity index is 1.59. The Labute approximate surface area is 164 Å². The third-order valence-corrected chi connectivity index (χ3v) is 5.09. The Hall–Kier alpha value is -2.94. The lowest BCUT2D eigenvalue weighted by atomic mass is 10.1. The highest BCUT2D eigenvalue weighted by Crippen LogP contribution is 2.35. The van der Waals surface area contributed by atoms with Crippen LogP contribution in [0, 0.1) is 30.2 Å². The van der Waals surface area contributed by atoms with Crippen LogP contribution in [0.25, 0.3) is 10.9 Å². The zero-order valence-electron chi connectivity index (χ0n) is 15.7. The molecule has 29 heavy (non-hydrogen) atoms. The molecule has 0 atom stereocenters. The van der Waals surface area contributed by atoms with Crippen LogP contribution in [0.1, 0.15) is 11.4 Å². The van der Waals surface area contributed by atoms with Crippen LogP contribution in [0.5, 0.6) is 0 Å². The SMILES string of the molecule is Cc1nc(N)c2c(F)c(F)c(N3CCN(Cc4ccc(F)cc4)CC3)c(F)c2n1. The second-order valence-electron chi connectivity index (χ2n) is 7.06. The first kappa shape index (κ1) is 19.4. The molecule has 0 bridgehead atoms. The van der Waals surface area contributed by atoms with Crippen LogP contribution in [-0.2, 0) is 6.54 Å². The molecule has 1 saturated heterocycles. The van der Waals surface area contributed by atoms with Crippen molar-refractivity contribution in [2.75, 3.05) is 36.8 Å². The predicted octanol–water partition coefficient (Wildman–Crippen LogP) is 3.40. The molecule has 1 fully saturated rings. The molecule has 0 saturated carbocycles. The van der Waals surface area contributed by atoms with Crippen LogP contribution in [0.2, 0.25) is 0 Å². The summed E-state index contributed by atoms with van der Waals surface area (Å²) >= 11 is 0. The van der Waals surface area contributed by atoms with Crippen molar-refractivity contribution < 1.29 is 17.6 Å². The Bertz CT molecular complexity index is 1060. The molecule has 0 radical (unpaired) electrons. The van der Waals surface area contributed by atoms with E-state index in [0.29, 0.717) is 32.7 Å². The number of hydrogen-bond acceptors (Lipinski definition) is 5. The number of benzene rings is 2. The number of nitrogen functional groups attached to an aromatic ring is 1. The fraction of sp³-hybridized carbons (Fsp3) is 0.300. The summed E-state index contributed by atoms with van der Waals surface area (Å²) in [7, 11) is 0. The number of halogens is 4. The van der Waals surface area contributed by atoms with Crippen molar-refractivity contribution in [3.8, 4) is 0 Å². The summed E-state index contributed by atoms with van der Waals surface area (Å²) in [5, 5.41) is -0.440. The Morgan fingerprint density at radius 2 is 1.55 bits per heavy atom. The highest BCUT2D eigenvalue weighted by atomic mass is 19.2. The number of anilines is 2. The third-order valence-electron chi connectivity index (χ3n) is 5.09. The topological polar surface area (TPSA) is 58.3 Å². The summed E-state index contributed by atoms with van der Waals surface area (Å²) in [6.45, 7) is 3.74. The molecule has 4 rings (SSSR count). The summed E-state index contributed by atoms with van der Waals surface area (Å²) in [5.41, 5.74) is 5.84. The molecule has 1 aliphatic heterocycles. The van der Waals surface area contributed by atoms with E-state index in [9.17, 15) is 13.2 Å². The summed E-state index contributed by atoms with van der Waals surface area (Å²) in [5.74, 6) is -3.90. The van der Waals surface area contributed by atoms with Gasteiger partial charge in [0.25, 0.3) is 0 Å². The lowest BCUT2D eigenvalue weighted by Gasteiger charge is -2.36. The van der Waals surface area contributed by atoms with E-state index in [-0.39, 0.29) is 23.0 Å². The third kappa shape index (κ3) is 3.57. The number of hydrogen-bond donors (Lipinski definition) is 1. The summed E-state index contributed by atoms with van der Waals surface area (Å²) in [6.07, 6.45) is 0. The van der Waals surface area contributed by atoms with Crippen LogP contribution < -0.4 is 10.6 Å². The van der Waals surface area contributed by atoms with E-state index in [0.717, 1.165) is 5.56 Å². The van der Waals surface area contributed by atoms with E-state index in [1.54, 1.807) is 12.1 Å². The maximum Gasteiger partial charge on any atom is 0.186 e. The molecule has 2 aromatic carbocycles. The van der Waals surface area contributed by atoms with Crippen molar-refractivity contribution in [2.45, 2.75) is 13.5 Å². The fourth-order valence-corrected chi connectivity index (χ4v) is 3.65. The van der Waals surface area contributed by atoms with Gasteiger partial charge < -0.3 is 10.6 Å². The van der Waals surface area contributed by atoms with Gasteiger partial charge in [0, 0.05) is 32.7 Å². The number of nitrogens with two attached hydrogens (primary N) is 1. The van der Waals surface area contributed by atoms with Crippen LogP contribution in [0.3, 0.4) is 0 Å². The molecule has 5 nitrogen and oxygen atoms in total. The zero-order valence-corrected chi connectivity index (χ0v) is 15.7. The van der Waals surface area contributed by atoms with Gasteiger partial charge in [-0.25, -0.2) is 27.5 Å². The molecule has 0 spiro atoms. The minimum atomic E-state index is -1.29. The molecule has 0 amide bonds. The molecular formula is C20H19F4N5. The maximum atomic E-state index is 15.1. The largest absolute Gasteiger partial charge is 0.383 e. The van der Waals surface area contributed by atoms with Gasteiger partial charge in [0.1, 0.15) is 28.7 Å². The zero-order chi connectivity index (χ0) is 20.7. The predicted molar refractivity (Wildman–Crippen MR) is 102 cm³/mol. The van der Waals surface area contributed by atoms with Crippen molar-refractivity contribution in [3.63, 3.8) is 0 Å². The van der Waals surface area contributed by atoms with Gasteiger partial charge in [-0.2, -0.15) is 0 Å². The smallest absolute Gasteiger partial charge is 0.186 e. The van der Waals surface area contributed by atoms with Crippen LogP contribution in [0.15, 0.2) is 24.3 Å². The minimum absolute atomic E-state index is 0.176. The first-order valence-corrected chi connectivity index (χ1v) is 9.17. The first-order valence-electron chi connectivity index (χ1n) is 9.17. The van der Waals surface area contributed by atoms with E-state index in [2.05, 4.69) is 14.9 Å². The number of piperazine rings is 1. The van der Waals surface area contributed by atoms with Gasteiger partial charge in [0.05, 0.1) is 5.39 Å². The van der Waals surface area contributed by atoms with E-state index >= 15 is 4.39 Å². The molecule has 1 aliphatic rings. The second-order valence-corrected chi connectivity index (χ2v) is 7.06. The standard InChI is InChI=1S/C20H19F4N5/c1-11-26-18-14(20(25)27-11)15(22)16(23)19(17(18)24)29-8-6-28(7-9-29)10-12-2-4-13(21)5-3-12/h2-5H,6-10H2,1H3,(H2,25,26,27). The summed E-state index contributed by atoms with van der Waals surface area (Å²) in [6, 6.07) is 6.19. The van der Waals surface area contributed by atoms with Gasteiger partial charge in [0.2, 0.25) is 0 Å². The number of aromatic nitrogens is 2. The van der Waals surface area contributed by atoms with E-state index < -0.39 is 28.5 Å². The molecule has 0 aliphatic carbocycles. The van der Waals surface area contributed by atoms with Crippen LogP contribution in [0.4, 0.5) is 29.1 Å². The highest BCUT2D eigenvalue weighted by Gasteiger charge is 2.29. The molecule has 152 valence electrons. The lowest BCUT2D eigenvalue weighted by Crippen LogP contribution is -2.46. The van der Waals surface area contributed by atoms with E-state index in [4.69, 9.17) is 5.73 Å². The molecule has 3 aromatic rings. The molecule has 9 heteroatoms. The van der Waals surface area contributed by atoms with Crippen molar-refractivity contribution in [1.82, 2.24) is 14.9 Å². The molecule has 0 unspecified atom stereocenters. The van der Waals surface area contributed by atoms with Gasteiger partial charge in [-0.15, -0.1) is 0 Å². The van der Waals surface area contributed by atoms with Gasteiger partial charge in [-0.3, -0.25) is 4.90 Å². The second kappa shape index (κ2) is 7.47. The summed E-state index contributed by atoms with van der Waals surface area (Å²) < 4.78 is 57.5. The average Bonchev–Trinajstić information content (AvgIpc) is 2.69. The van der Waals surface area contributed by atoms with Gasteiger partial charge in [0.15, 0.2) is 17.5 Å². The van der Waals surface area contributed by atoms with E-state index in [1.807, 2.05) is 0 Å². The van der Waals surface area contributed by atoms with E-state index in [1.165, 1.54) is 24.0 Å². The molecule has 1 aromatic heterocycles. The van der Waals surface area contributed by atoms with Gasteiger partial charge >= 0.3 is 0 Å². The van der Waals surface area contributed by atoms with Crippen molar-refractivity contribution in [3.05, 3.63) is 58.9 Å². The Kier molecular flexibility index (Phi) is 4.99. The van der Waals surface area contributed by atoms with Gasteiger partial charge in [-0.05, 0) is 24.6 Å². The van der Waals surface area contributed by atoms with Crippen molar-refractivity contribution in [2.24, 2.45) is 0 Å². The van der Waals surface area contributed by atoms with Crippen LogP contribution >= 0.6 is 0 Å². The monoisotopic (exact) mass is 405 g/mol. The number of fused-ring (bicyclic) bond motifs is 1. The first-order chi connectivity index (χ1) is 13.8. The van der Waals surface area contributed by atoms with Crippen LogP contribution in [-0.4, -0.2) is 41.0 Å². The molecule has 2 heterocycles. The number of nitrogens with zero attached hydrogens (tertiary/aromatic N) is 4. The quantitative estimate of drug-likeness (QED) is 0.535. The fourth-order valence-electron chi connectivity index (χ4n) is 3.65. The molecule has 2 N–H and O–H groups in total. The summed E-state index contributed by atoms with van der Waals surface area (Å²) in [4.78, 5) is 11.3. The lowest BCUT2D eigenvalue weighted by molar-refractivity contribution is 0.248. The Morgan fingerprint density at radius 3 is 2.21 bits per heavy atom. The average molecular weight is 405 g/mol. The molecular weight excluding hydrogens is 386 g/mol. The number of aryl methyl sites for hydroxylation is 1.